The highest BCUT2D eigenvalue weighted by molar-refractivity contribution is 5.61. The molecule has 35 valence electrons. The Morgan fingerprint density at radius 2 is 2.50 bits per heavy atom. The third-order valence-corrected chi connectivity index (χ3v) is 0.482. The van der Waals surface area contributed by atoms with Gasteiger partial charge in [-0.1, -0.05) is 6.92 Å². The average molecular weight is 84.1 g/mol. The lowest BCUT2D eigenvalue weighted by Crippen LogP contribution is -1.71. The molecular weight excluding hydrogens is 74.1 g/mol. The second-order valence-electron chi connectivity index (χ2n) is 1.09. The van der Waals surface area contributed by atoms with Crippen LogP contribution in [0.4, 0.5) is 0 Å². The fourth-order valence-corrected chi connectivity index (χ4v) is 0.220. The maximum atomic E-state index is 3.85. The maximum Gasteiger partial charge on any atom is 0.0382 e. The Balaban J connectivity index is 2.66. The van der Waals surface area contributed by atoms with Gasteiger partial charge < -0.3 is 0 Å². The Bertz CT molecular complexity index is 39.2. The first kappa shape index (κ1) is 5.67. The largest absolute Gasteiger partial charge is 0.298 e. The fourth-order valence-electron chi connectivity index (χ4n) is 0.220. The van der Waals surface area contributed by atoms with Gasteiger partial charge >= 0.3 is 0 Å². The number of hydrogen-bond donors (Lipinski definition) is 0. The van der Waals surface area contributed by atoms with E-state index in [0.717, 1.165) is 13.0 Å². The van der Waals surface area contributed by atoms with Crippen molar-refractivity contribution < 1.29 is 0 Å². The molecular formula is C5H10N. The molecule has 0 N–H and O–H groups in total. The topological polar surface area (TPSA) is 12.4 Å². The van der Waals surface area contributed by atoms with E-state index in [9.17, 15) is 0 Å². The van der Waals surface area contributed by atoms with Crippen molar-refractivity contribution >= 4 is 6.21 Å². The van der Waals surface area contributed by atoms with Gasteiger partial charge in [0.15, 0.2) is 0 Å². The number of aliphatic imine (C=N–C) groups is 1. The number of hydrogen-bond acceptors (Lipinski definition) is 1. The summed E-state index contributed by atoms with van der Waals surface area (Å²) in [5.41, 5.74) is 0. The highest BCUT2D eigenvalue weighted by Crippen LogP contribution is 1.72. The molecule has 0 aliphatic heterocycles. The molecule has 0 rings (SSSR count). The summed E-state index contributed by atoms with van der Waals surface area (Å²) < 4.78 is 0. The number of nitrogens with zero attached hydrogens (tertiary/aromatic N) is 1. The molecule has 0 aromatic heterocycles. The van der Waals surface area contributed by atoms with Crippen LogP contribution in [0.15, 0.2) is 4.99 Å². The van der Waals surface area contributed by atoms with E-state index in [2.05, 4.69) is 18.8 Å². The van der Waals surface area contributed by atoms with Crippen molar-refractivity contribution in [3.05, 3.63) is 6.92 Å². The highest BCUT2D eigenvalue weighted by Gasteiger charge is 1.64. The van der Waals surface area contributed by atoms with E-state index < -0.39 is 0 Å². The highest BCUT2D eigenvalue weighted by atomic mass is 14.7. The van der Waals surface area contributed by atoms with Gasteiger partial charge in [0.25, 0.3) is 0 Å². The fraction of sp³-hybridized carbons (Fsp3) is 0.600. The van der Waals surface area contributed by atoms with E-state index in [1.165, 1.54) is 0 Å². The van der Waals surface area contributed by atoms with E-state index in [1.807, 2.05) is 0 Å². The van der Waals surface area contributed by atoms with Crippen LogP contribution in [0.25, 0.3) is 0 Å². The minimum absolute atomic E-state index is 0.920. The third-order valence-electron chi connectivity index (χ3n) is 0.482. The van der Waals surface area contributed by atoms with Gasteiger partial charge in [-0.3, -0.25) is 4.99 Å². The van der Waals surface area contributed by atoms with E-state index in [-0.39, 0.29) is 0 Å². The van der Waals surface area contributed by atoms with Crippen LogP contribution < -0.4 is 0 Å². The molecule has 0 saturated heterocycles. The van der Waals surface area contributed by atoms with Gasteiger partial charge in [-0.2, -0.15) is 0 Å². The average Bonchev–Trinajstić information content (AvgIpc) is 1.61. The molecule has 6 heavy (non-hydrogen) atoms. The second-order valence-corrected chi connectivity index (χ2v) is 1.09. The summed E-state index contributed by atoms with van der Waals surface area (Å²) in [7, 11) is 0. The standard InChI is InChI=1S/C5H10N/c1-3-5-6-4-2/h4H,2-3,5H2,1H3/b6-4-. The first-order chi connectivity index (χ1) is 2.91. The van der Waals surface area contributed by atoms with Gasteiger partial charge in [0.2, 0.25) is 0 Å². The van der Waals surface area contributed by atoms with Gasteiger partial charge in [-0.05, 0) is 19.6 Å². The Kier molecular flexibility index (Phi) is 4.41. The molecule has 0 amide bonds. The quantitative estimate of drug-likeness (QED) is 0.447. The molecule has 0 saturated carbocycles. The van der Waals surface area contributed by atoms with E-state index in [0.29, 0.717) is 0 Å². The lowest BCUT2D eigenvalue weighted by atomic mass is 10.5. The van der Waals surface area contributed by atoms with Gasteiger partial charge in [-0.15, -0.1) is 0 Å². The van der Waals surface area contributed by atoms with Crippen LogP contribution in [0.1, 0.15) is 13.3 Å². The van der Waals surface area contributed by atoms with E-state index >= 15 is 0 Å². The van der Waals surface area contributed by atoms with Crippen LogP contribution >= 0.6 is 0 Å². The van der Waals surface area contributed by atoms with Gasteiger partial charge in [0.05, 0.1) is 0 Å². The van der Waals surface area contributed by atoms with E-state index in [4.69, 9.17) is 0 Å². The maximum absolute atomic E-state index is 3.85. The molecule has 0 bridgehead atoms. The van der Waals surface area contributed by atoms with Crippen molar-refractivity contribution in [3.8, 4) is 0 Å². The zero-order chi connectivity index (χ0) is 4.83. The summed E-state index contributed by atoms with van der Waals surface area (Å²) in [6.07, 6.45) is 2.70. The molecule has 0 aliphatic rings. The van der Waals surface area contributed by atoms with Gasteiger partial charge in [-0.25, -0.2) is 0 Å². The number of rotatable bonds is 2. The molecule has 1 heteroatoms. The molecule has 0 aliphatic carbocycles. The molecule has 1 nitrogen and oxygen atoms in total. The lowest BCUT2D eigenvalue weighted by Gasteiger charge is -1.77. The van der Waals surface area contributed by atoms with Crippen molar-refractivity contribution in [1.29, 1.82) is 0 Å². The van der Waals surface area contributed by atoms with Crippen LogP contribution in [0.2, 0.25) is 0 Å². The van der Waals surface area contributed by atoms with Crippen LogP contribution in [-0.2, 0) is 0 Å². The van der Waals surface area contributed by atoms with Gasteiger partial charge in [0.1, 0.15) is 0 Å². The van der Waals surface area contributed by atoms with Crippen molar-refractivity contribution in [2.24, 2.45) is 4.99 Å². The molecule has 0 aromatic rings. The van der Waals surface area contributed by atoms with Crippen molar-refractivity contribution in [1.82, 2.24) is 0 Å². The Morgan fingerprint density at radius 3 is 2.67 bits per heavy atom. The summed E-state index contributed by atoms with van der Waals surface area (Å²) in [4.78, 5) is 3.85. The van der Waals surface area contributed by atoms with Crippen LogP contribution in [-0.4, -0.2) is 12.8 Å². The molecule has 0 unspecified atom stereocenters. The normalized spacial score (nSPS) is 10.3. The second kappa shape index (κ2) is 4.67. The van der Waals surface area contributed by atoms with E-state index in [1.54, 1.807) is 6.21 Å². The zero-order valence-corrected chi connectivity index (χ0v) is 4.15. The predicted molar refractivity (Wildman–Crippen MR) is 29.0 cm³/mol. The Labute approximate surface area is 39.1 Å². The lowest BCUT2D eigenvalue weighted by molar-refractivity contribution is 0.937. The molecule has 0 heterocycles. The molecule has 0 fully saturated rings. The first-order valence-corrected chi connectivity index (χ1v) is 2.19. The molecule has 0 atom stereocenters. The summed E-state index contributed by atoms with van der Waals surface area (Å²) in [5.74, 6) is 0. The molecule has 1 radical (unpaired) electrons. The van der Waals surface area contributed by atoms with Crippen molar-refractivity contribution in [3.63, 3.8) is 0 Å². The zero-order valence-electron chi connectivity index (χ0n) is 4.15. The Hall–Kier alpha value is -0.330. The van der Waals surface area contributed by atoms with Crippen molar-refractivity contribution in [2.75, 3.05) is 6.54 Å². The van der Waals surface area contributed by atoms with Crippen molar-refractivity contribution in [2.45, 2.75) is 13.3 Å². The summed E-state index contributed by atoms with van der Waals surface area (Å²) >= 11 is 0. The summed E-state index contributed by atoms with van der Waals surface area (Å²) in [6, 6.07) is 0. The predicted octanol–water partition coefficient (Wildman–Crippen LogP) is 1.30. The molecule has 0 aromatic carbocycles. The first-order valence-electron chi connectivity index (χ1n) is 2.19. The van der Waals surface area contributed by atoms with Gasteiger partial charge in [0, 0.05) is 6.54 Å². The third kappa shape index (κ3) is 3.67. The van der Waals surface area contributed by atoms with Crippen LogP contribution in [0.5, 0.6) is 0 Å². The Morgan fingerprint density at radius 1 is 1.83 bits per heavy atom. The van der Waals surface area contributed by atoms with Crippen LogP contribution in [0, 0.1) is 6.92 Å². The minimum Gasteiger partial charge on any atom is -0.298 e. The van der Waals surface area contributed by atoms with Crippen LogP contribution in [0.3, 0.4) is 0 Å². The summed E-state index contributed by atoms with van der Waals surface area (Å²) in [6.45, 7) is 6.44. The smallest absolute Gasteiger partial charge is 0.0382 e. The minimum atomic E-state index is 0.920. The molecule has 0 spiro atoms. The SMILES string of the molecule is [CH2]/C=N\CCC. The summed E-state index contributed by atoms with van der Waals surface area (Å²) in [5, 5.41) is 0. The monoisotopic (exact) mass is 84.1 g/mol.